The predicted octanol–water partition coefficient (Wildman–Crippen LogP) is 5.99. The van der Waals surface area contributed by atoms with Crippen LogP contribution in [0.4, 0.5) is 27.6 Å². The summed E-state index contributed by atoms with van der Waals surface area (Å²) in [7, 11) is 1.33. The summed E-state index contributed by atoms with van der Waals surface area (Å²) >= 11 is 6.52. The summed E-state index contributed by atoms with van der Waals surface area (Å²) < 4.78 is 70.3. The van der Waals surface area contributed by atoms with E-state index in [9.17, 15) is 36.3 Å². The molecule has 2 saturated heterocycles. The van der Waals surface area contributed by atoms with Gasteiger partial charge >= 0.3 is 6.18 Å². The van der Waals surface area contributed by atoms with E-state index in [4.69, 9.17) is 11.6 Å². The maximum atomic E-state index is 13.8. The van der Waals surface area contributed by atoms with Crippen molar-refractivity contribution in [3.63, 3.8) is 0 Å². The summed E-state index contributed by atoms with van der Waals surface area (Å²) in [5.74, 6) is -3.52. The van der Waals surface area contributed by atoms with Crippen LogP contribution >= 0.6 is 11.6 Å². The molecule has 4 fully saturated rings. The molecule has 16 heteroatoms. The zero-order valence-corrected chi connectivity index (χ0v) is 27.4. The minimum absolute atomic E-state index is 0.0273. The van der Waals surface area contributed by atoms with E-state index in [-0.39, 0.29) is 45.0 Å². The second kappa shape index (κ2) is 12.2. The predicted molar refractivity (Wildman–Crippen MR) is 168 cm³/mol. The second-order valence-electron chi connectivity index (χ2n) is 13.8. The number of piperidine rings is 1. The standard InChI is InChI=1S/C33H35ClF5N7O3/c1-44-24(22-17-46(26-15-32(26,35)36)43-27(22)33(37,38)39)16-41-28(44)29(48)42-20-2-3-21(23(34)12-20)30(49)45-10-6-19-13-31(19,7-11-45)14-25(47)18-4-8-40-9-5-18/h2-3,12,16-19,26,40H,4-11,13-15H2,1H3,(H,42,48). The quantitative estimate of drug-likeness (QED) is 0.278. The molecule has 0 bridgehead atoms. The van der Waals surface area contributed by atoms with Gasteiger partial charge in [0.1, 0.15) is 11.8 Å². The van der Waals surface area contributed by atoms with E-state index in [1.165, 1.54) is 25.2 Å². The second-order valence-corrected chi connectivity index (χ2v) is 14.2. The number of aromatic nitrogens is 4. The molecule has 1 aromatic carbocycles. The van der Waals surface area contributed by atoms with E-state index < -0.39 is 41.7 Å². The summed E-state index contributed by atoms with van der Waals surface area (Å²) in [6.07, 6.45) is 1.32. The SMILES string of the molecule is Cn1c(-c2cn(C3CC3(F)F)nc2C(F)(F)F)cnc1C(=O)Nc1ccc(C(=O)N2CCC3CC3(CC(=O)C3CCNCC3)CC2)c(Cl)c1. The van der Waals surface area contributed by atoms with Crippen molar-refractivity contribution in [2.24, 2.45) is 24.3 Å². The van der Waals surface area contributed by atoms with Crippen LogP contribution in [0.15, 0.2) is 30.6 Å². The summed E-state index contributed by atoms with van der Waals surface area (Å²) in [5, 5.41) is 9.40. The number of alkyl halides is 5. The van der Waals surface area contributed by atoms with Gasteiger partial charge in [0.25, 0.3) is 17.7 Å². The summed E-state index contributed by atoms with van der Waals surface area (Å²) in [4.78, 5) is 45.5. The molecular formula is C33H35ClF5N7O3. The van der Waals surface area contributed by atoms with E-state index in [0.717, 1.165) is 62.2 Å². The van der Waals surface area contributed by atoms with Gasteiger partial charge in [-0.1, -0.05) is 11.6 Å². The zero-order chi connectivity index (χ0) is 34.9. The minimum atomic E-state index is -4.94. The van der Waals surface area contributed by atoms with Crippen LogP contribution in [0, 0.1) is 17.3 Å². The number of carbonyl (C=O) groups is 3. The number of nitrogens with one attached hydrogen (secondary N) is 2. The first-order valence-corrected chi connectivity index (χ1v) is 16.7. The third-order valence-electron chi connectivity index (χ3n) is 10.6. The van der Waals surface area contributed by atoms with Gasteiger partial charge in [0.15, 0.2) is 11.5 Å². The van der Waals surface area contributed by atoms with Crippen LogP contribution in [-0.4, -0.2) is 73.9 Å². The average molecular weight is 708 g/mol. The first-order chi connectivity index (χ1) is 23.2. The highest BCUT2D eigenvalue weighted by Gasteiger charge is 2.60. The van der Waals surface area contributed by atoms with Crippen LogP contribution in [0.25, 0.3) is 11.3 Å². The Morgan fingerprint density at radius 2 is 1.84 bits per heavy atom. The molecule has 3 aromatic rings. The molecule has 2 aromatic heterocycles. The lowest BCUT2D eigenvalue weighted by atomic mass is 9.84. The molecule has 2 aliphatic heterocycles. The van der Waals surface area contributed by atoms with Crippen molar-refractivity contribution in [2.75, 3.05) is 31.5 Å². The molecule has 262 valence electrons. The van der Waals surface area contributed by atoms with Crippen molar-refractivity contribution in [1.82, 2.24) is 29.5 Å². The largest absolute Gasteiger partial charge is 0.435 e. The van der Waals surface area contributed by atoms with Crippen LogP contribution in [0.5, 0.6) is 0 Å². The van der Waals surface area contributed by atoms with Crippen molar-refractivity contribution in [2.45, 2.75) is 63.1 Å². The normalized spacial score (nSPS) is 25.0. The van der Waals surface area contributed by atoms with Crippen LogP contribution in [0.1, 0.15) is 77.7 Å². The Kier molecular flexibility index (Phi) is 8.36. The van der Waals surface area contributed by atoms with Crippen molar-refractivity contribution < 1.29 is 36.3 Å². The maximum Gasteiger partial charge on any atom is 0.435 e. The highest BCUT2D eigenvalue weighted by atomic mass is 35.5. The number of carbonyl (C=O) groups excluding carboxylic acids is 3. The molecule has 4 heterocycles. The number of rotatable bonds is 8. The van der Waals surface area contributed by atoms with Gasteiger partial charge in [0.2, 0.25) is 0 Å². The molecule has 49 heavy (non-hydrogen) atoms. The Bertz CT molecular complexity index is 1820. The Morgan fingerprint density at radius 1 is 1.10 bits per heavy atom. The highest BCUT2D eigenvalue weighted by molar-refractivity contribution is 6.34. The van der Waals surface area contributed by atoms with Gasteiger partial charge in [0, 0.05) is 50.8 Å². The number of amides is 2. The lowest BCUT2D eigenvalue weighted by molar-refractivity contribution is -0.141. The number of hydrogen-bond acceptors (Lipinski definition) is 6. The van der Waals surface area contributed by atoms with E-state index in [1.807, 2.05) is 0 Å². The molecule has 2 amide bonds. The van der Waals surface area contributed by atoms with Crippen LogP contribution in [0.3, 0.4) is 0 Å². The van der Waals surface area contributed by atoms with Crippen LogP contribution in [-0.2, 0) is 18.0 Å². The lowest BCUT2D eigenvalue weighted by Gasteiger charge is -2.25. The van der Waals surface area contributed by atoms with Crippen LogP contribution in [0.2, 0.25) is 5.02 Å². The van der Waals surface area contributed by atoms with Crippen molar-refractivity contribution in [3.8, 4) is 11.3 Å². The number of halogens is 6. The van der Waals surface area contributed by atoms with Gasteiger partial charge in [-0.3, -0.25) is 19.1 Å². The van der Waals surface area contributed by atoms with Gasteiger partial charge in [-0.2, -0.15) is 18.3 Å². The van der Waals surface area contributed by atoms with E-state index in [1.54, 1.807) is 4.90 Å². The third-order valence-corrected chi connectivity index (χ3v) is 10.9. The zero-order valence-electron chi connectivity index (χ0n) is 26.6. The molecule has 2 saturated carbocycles. The number of nitrogens with zero attached hydrogens (tertiary/aromatic N) is 5. The fourth-order valence-corrected chi connectivity index (χ4v) is 7.76. The molecule has 10 nitrogen and oxygen atoms in total. The summed E-state index contributed by atoms with van der Waals surface area (Å²) in [5.41, 5.74) is -1.53. The number of ketones is 1. The van der Waals surface area contributed by atoms with Crippen molar-refractivity contribution >= 4 is 34.9 Å². The van der Waals surface area contributed by atoms with E-state index in [2.05, 4.69) is 20.7 Å². The van der Waals surface area contributed by atoms with Crippen molar-refractivity contribution in [1.29, 1.82) is 0 Å². The monoisotopic (exact) mass is 707 g/mol. The molecule has 4 aliphatic rings. The number of benzene rings is 1. The lowest BCUT2D eigenvalue weighted by Crippen LogP contribution is -2.34. The Labute approximate surface area is 283 Å². The Hall–Kier alpha value is -3.85. The molecule has 0 radical (unpaired) electrons. The molecule has 0 spiro atoms. The summed E-state index contributed by atoms with van der Waals surface area (Å²) in [6, 6.07) is 2.94. The molecule has 7 rings (SSSR count). The first-order valence-electron chi connectivity index (χ1n) is 16.4. The van der Waals surface area contributed by atoms with E-state index in [0.29, 0.717) is 35.9 Å². The first kappa shape index (κ1) is 33.6. The number of hydrogen-bond donors (Lipinski definition) is 2. The van der Waals surface area contributed by atoms with E-state index >= 15 is 0 Å². The smallest absolute Gasteiger partial charge is 0.339 e. The minimum Gasteiger partial charge on any atom is -0.339 e. The molecular weight excluding hydrogens is 673 g/mol. The topological polar surface area (TPSA) is 114 Å². The number of fused-ring (bicyclic) bond motifs is 1. The Morgan fingerprint density at radius 3 is 2.51 bits per heavy atom. The van der Waals surface area contributed by atoms with Crippen molar-refractivity contribution in [3.05, 3.63) is 52.7 Å². The molecule has 3 atom stereocenters. The highest BCUT2D eigenvalue weighted by Crippen LogP contribution is 2.61. The van der Waals surface area contributed by atoms with Crippen LogP contribution < -0.4 is 10.6 Å². The van der Waals surface area contributed by atoms with Gasteiger partial charge in [-0.05, 0) is 74.7 Å². The summed E-state index contributed by atoms with van der Waals surface area (Å²) in [6.45, 7) is 2.81. The van der Waals surface area contributed by atoms with Gasteiger partial charge in [0.05, 0.1) is 28.0 Å². The molecule has 2 N–H and O–H groups in total. The third kappa shape index (κ3) is 6.46. The Balaban J connectivity index is 1.01. The maximum absolute atomic E-state index is 13.8. The number of Topliss-reactive ketones (excluding diaryl/α,β-unsaturated/α-hetero) is 1. The average Bonchev–Trinajstić information content (AvgIpc) is 3.76. The number of imidazole rings is 1. The fraction of sp³-hybridized carbons (Fsp3) is 0.545. The molecule has 2 aliphatic carbocycles. The number of likely N-dealkylation sites (tertiary alicyclic amines) is 1. The fourth-order valence-electron chi connectivity index (χ4n) is 7.50. The van der Waals surface area contributed by atoms with Gasteiger partial charge in [-0.25, -0.2) is 13.8 Å². The molecule has 3 unspecified atom stereocenters. The number of anilines is 1. The van der Waals surface area contributed by atoms with Gasteiger partial charge in [-0.15, -0.1) is 0 Å². The van der Waals surface area contributed by atoms with Gasteiger partial charge < -0.3 is 20.1 Å².